The first-order valence-electron chi connectivity index (χ1n) is 10.6. The van der Waals surface area contributed by atoms with Gasteiger partial charge < -0.3 is 20.3 Å². The zero-order valence-electron chi connectivity index (χ0n) is 18.2. The highest BCUT2D eigenvalue weighted by atomic mass is 16.5. The summed E-state index contributed by atoms with van der Waals surface area (Å²) in [4.78, 5) is 9.29. The summed E-state index contributed by atoms with van der Waals surface area (Å²) in [7, 11) is 1.64. The molecule has 32 heavy (non-hydrogen) atoms. The molecular weight excluding hydrogens is 406 g/mol. The molecule has 0 saturated carbocycles. The normalized spacial score (nSPS) is 12.2. The second kappa shape index (κ2) is 9.86. The lowest BCUT2D eigenvalue weighted by Gasteiger charge is -2.13. The van der Waals surface area contributed by atoms with Crippen LogP contribution in [0, 0.1) is 0 Å². The van der Waals surface area contributed by atoms with Gasteiger partial charge in [0.2, 0.25) is 0 Å². The van der Waals surface area contributed by atoms with Crippen LogP contribution >= 0.6 is 0 Å². The Hall–Kier alpha value is -3.33. The van der Waals surface area contributed by atoms with E-state index in [1.807, 2.05) is 49.4 Å². The minimum absolute atomic E-state index is 0.118. The molecule has 0 saturated heterocycles. The number of fused-ring (bicyclic) bond motifs is 1. The maximum absolute atomic E-state index is 9.48. The van der Waals surface area contributed by atoms with Crippen LogP contribution in [0.25, 0.3) is 28.0 Å². The topological polar surface area (TPSA) is 108 Å². The lowest BCUT2D eigenvalue weighted by Crippen LogP contribution is -2.10. The number of hydrogen-bond donors (Lipinski definition) is 2. The first-order chi connectivity index (χ1) is 15.6. The largest absolute Gasteiger partial charge is 0.490 e. The van der Waals surface area contributed by atoms with Gasteiger partial charge in [-0.3, -0.25) is 4.98 Å². The summed E-state index contributed by atoms with van der Waals surface area (Å²) >= 11 is 0. The molecule has 0 radical (unpaired) electrons. The number of rotatable bonds is 9. The molecule has 8 heteroatoms. The summed E-state index contributed by atoms with van der Waals surface area (Å²) in [5, 5.41) is 14.9. The van der Waals surface area contributed by atoms with E-state index in [4.69, 9.17) is 20.2 Å². The molecule has 3 aromatic heterocycles. The van der Waals surface area contributed by atoms with Gasteiger partial charge in [-0.05, 0) is 42.8 Å². The van der Waals surface area contributed by atoms with Gasteiger partial charge in [0.25, 0.3) is 0 Å². The molecule has 1 aromatic carbocycles. The number of nitrogens with two attached hydrogens (primary N) is 1. The van der Waals surface area contributed by atoms with Gasteiger partial charge in [-0.15, -0.1) is 0 Å². The summed E-state index contributed by atoms with van der Waals surface area (Å²) in [6.45, 7) is 2.78. The zero-order chi connectivity index (χ0) is 22.5. The van der Waals surface area contributed by atoms with Crippen LogP contribution in [0.4, 0.5) is 0 Å². The monoisotopic (exact) mass is 433 g/mol. The number of aliphatic hydroxyl groups is 1. The highest BCUT2D eigenvalue weighted by Crippen LogP contribution is 2.33. The Kier molecular flexibility index (Phi) is 6.75. The number of methoxy groups -OCH3 is 1. The maximum Gasteiger partial charge on any atom is 0.154 e. The van der Waals surface area contributed by atoms with E-state index in [0.717, 1.165) is 34.3 Å². The predicted molar refractivity (Wildman–Crippen MR) is 123 cm³/mol. The van der Waals surface area contributed by atoms with E-state index in [1.165, 1.54) is 0 Å². The van der Waals surface area contributed by atoms with Gasteiger partial charge in [0.05, 0.1) is 47.4 Å². The van der Waals surface area contributed by atoms with Gasteiger partial charge in [0.15, 0.2) is 5.82 Å². The minimum atomic E-state index is -0.141. The summed E-state index contributed by atoms with van der Waals surface area (Å²) < 4.78 is 12.9. The highest BCUT2D eigenvalue weighted by Gasteiger charge is 2.15. The van der Waals surface area contributed by atoms with E-state index in [0.29, 0.717) is 30.5 Å². The first-order valence-corrected chi connectivity index (χ1v) is 10.6. The van der Waals surface area contributed by atoms with E-state index in [9.17, 15) is 5.11 Å². The first kappa shape index (κ1) is 21.9. The second-order valence-electron chi connectivity index (χ2n) is 7.41. The lowest BCUT2D eigenvalue weighted by atomic mass is 10.1. The molecule has 0 spiro atoms. The number of pyridine rings is 2. The van der Waals surface area contributed by atoms with Gasteiger partial charge in [0.1, 0.15) is 12.4 Å². The van der Waals surface area contributed by atoms with Crippen LogP contribution in [-0.4, -0.2) is 45.2 Å². The van der Waals surface area contributed by atoms with Crippen LogP contribution in [0.15, 0.2) is 54.7 Å². The third kappa shape index (κ3) is 4.47. The minimum Gasteiger partial charge on any atom is -0.490 e. The summed E-state index contributed by atoms with van der Waals surface area (Å²) in [6.07, 6.45) is 2.56. The van der Waals surface area contributed by atoms with Crippen LogP contribution in [0.3, 0.4) is 0 Å². The molecule has 0 fully saturated rings. The summed E-state index contributed by atoms with van der Waals surface area (Å²) in [6, 6.07) is 15.2. The second-order valence-corrected chi connectivity index (χ2v) is 7.41. The van der Waals surface area contributed by atoms with Crippen molar-refractivity contribution in [3.05, 3.63) is 66.1 Å². The van der Waals surface area contributed by atoms with Crippen molar-refractivity contribution in [2.24, 2.45) is 5.73 Å². The number of nitrogens with zero attached hydrogens (tertiary/aromatic N) is 4. The van der Waals surface area contributed by atoms with Crippen molar-refractivity contribution in [1.82, 2.24) is 19.7 Å². The van der Waals surface area contributed by atoms with E-state index in [1.54, 1.807) is 24.1 Å². The smallest absolute Gasteiger partial charge is 0.154 e. The van der Waals surface area contributed by atoms with Crippen molar-refractivity contribution in [3.63, 3.8) is 0 Å². The highest BCUT2D eigenvalue weighted by molar-refractivity contribution is 5.90. The van der Waals surface area contributed by atoms with Gasteiger partial charge in [-0.2, -0.15) is 5.10 Å². The fourth-order valence-electron chi connectivity index (χ4n) is 3.48. The van der Waals surface area contributed by atoms with Crippen LogP contribution < -0.4 is 10.5 Å². The van der Waals surface area contributed by atoms with Crippen molar-refractivity contribution in [2.75, 3.05) is 20.3 Å². The quantitative estimate of drug-likeness (QED) is 0.389. The molecule has 4 rings (SSSR count). The molecule has 0 aliphatic carbocycles. The van der Waals surface area contributed by atoms with E-state index in [2.05, 4.69) is 10.1 Å². The van der Waals surface area contributed by atoms with Crippen molar-refractivity contribution >= 4 is 10.9 Å². The Labute approximate surface area is 186 Å². The third-order valence-electron chi connectivity index (χ3n) is 5.25. The Balaban J connectivity index is 1.86. The molecule has 0 aliphatic heterocycles. The average Bonchev–Trinajstić information content (AvgIpc) is 3.28. The number of ether oxygens (including phenoxy) is 2. The van der Waals surface area contributed by atoms with Gasteiger partial charge >= 0.3 is 0 Å². The van der Waals surface area contributed by atoms with E-state index in [-0.39, 0.29) is 12.6 Å². The molecule has 0 unspecified atom stereocenters. The van der Waals surface area contributed by atoms with Crippen LogP contribution in [0.5, 0.6) is 5.75 Å². The molecule has 8 nitrogen and oxygen atoms in total. The zero-order valence-corrected chi connectivity index (χ0v) is 18.2. The molecule has 0 aliphatic rings. The number of aromatic nitrogens is 4. The lowest BCUT2D eigenvalue weighted by molar-refractivity contribution is 0.147. The van der Waals surface area contributed by atoms with Gasteiger partial charge in [-0.25, -0.2) is 9.67 Å². The Morgan fingerprint density at radius 1 is 1.09 bits per heavy atom. The molecule has 1 atom stereocenters. The maximum atomic E-state index is 9.48. The van der Waals surface area contributed by atoms with Crippen LogP contribution in [-0.2, 0) is 11.3 Å². The fraction of sp³-hybridized carbons (Fsp3) is 0.292. The summed E-state index contributed by atoms with van der Waals surface area (Å²) in [5.74, 6) is 1.30. The molecule has 0 bridgehead atoms. The van der Waals surface area contributed by atoms with Gasteiger partial charge in [-0.1, -0.05) is 19.1 Å². The SMILES string of the molecule is CC[C@H](N)c1cccc(-c2cc(OCCOC)c3cnn(-c4cccc(CO)n4)c3c2)n1. The molecule has 0 amide bonds. The summed E-state index contributed by atoms with van der Waals surface area (Å²) in [5.41, 5.74) is 10.1. The third-order valence-corrected chi connectivity index (χ3v) is 5.25. The van der Waals surface area contributed by atoms with Crippen molar-refractivity contribution in [2.45, 2.75) is 26.0 Å². The Morgan fingerprint density at radius 2 is 1.94 bits per heavy atom. The molecule has 3 N–H and O–H groups in total. The molecular formula is C24H27N5O3. The number of aliphatic hydroxyl groups excluding tert-OH is 1. The van der Waals surface area contributed by atoms with Crippen molar-refractivity contribution in [1.29, 1.82) is 0 Å². The number of benzene rings is 1. The van der Waals surface area contributed by atoms with E-state index >= 15 is 0 Å². The Morgan fingerprint density at radius 3 is 2.72 bits per heavy atom. The van der Waals surface area contributed by atoms with Gasteiger partial charge in [0, 0.05) is 18.7 Å². The van der Waals surface area contributed by atoms with Crippen molar-refractivity contribution < 1.29 is 14.6 Å². The van der Waals surface area contributed by atoms with Crippen LogP contribution in [0.2, 0.25) is 0 Å². The molecule has 4 aromatic rings. The fourth-order valence-corrected chi connectivity index (χ4v) is 3.48. The standard InChI is InChI=1S/C24H27N5O3/c1-3-19(25)21-8-5-7-20(28-21)16-12-22-18(23(13-16)32-11-10-31-2)14-26-29(22)24-9-4-6-17(15-30)27-24/h4-9,12-14,19,30H,3,10-11,15,25H2,1-2H3/t19-/m0/s1. The predicted octanol–water partition coefficient (Wildman–Crippen LogP) is 3.41. The average molecular weight is 434 g/mol. The molecule has 166 valence electrons. The molecule has 3 heterocycles. The number of hydrogen-bond acceptors (Lipinski definition) is 7. The van der Waals surface area contributed by atoms with Crippen molar-refractivity contribution in [3.8, 4) is 22.8 Å². The Bertz CT molecular complexity index is 1210. The van der Waals surface area contributed by atoms with E-state index < -0.39 is 0 Å². The van der Waals surface area contributed by atoms with Crippen LogP contribution in [0.1, 0.15) is 30.8 Å².